The molecule has 1 aliphatic rings. The molecule has 4 N–H and O–H groups in total. The normalized spacial score (nSPS) is 17.6. The Labute approximate surface area is 223 Å². The fourth-order valence-corrected chi connectivity index (χ4v) is 4.47. The summed E-state index contributed by atoms with van der Waals surface area (Å²) in [5, 5.41) is 8.17. The second-order valence-corrected chi connectivity index (χ2v) is 9.42. The number of aromatic amines is 1. The highest BCUT2D eigenvalue weighted by atomic mass is 35.5. The van der Waals surface area contributed by atoms with Gasteiger partial charge < -0.3 is 25.7 Å². The molecular formula is C26H28ClFN6O4. The number of nitrogens with one attached hydrogen (secondary N) is 4. The fraction of sp³-hybridized carbons (Fsp3) is 0.308. The molecule has 3 amide bonds. The van der Waals surface area contributed by atoms with E-state index in [0.717, 1.165) is 25.2 Å². The van der Waals surface area contributed by atoms with Crippen LogP contribution < -0.4 is 16.0 Å². The topological polar surface area (TPSA) is 128 Å². The van der Waals surface area contributed by atoms with Crippen LogP contribution in [0.5, 0.6) is 0 Å². The number of hydrogen-bond donors (Lipinski definition) is 4. The zero-order chi connectivity index (χ0) is 27.2. The first-order chi connectivity index (χ1) is 18.2. The molecule has 200 valence electrons. The number of anilines is 2. The average Bonchev–Trinajstić information content (AvgIpc) is 3.35. The Hall–Kier alpha value is -3.80. The highest BCUT2D eigenvalue weighted by Crippen LogP contribution is 2.20. The van der Waals surface area contributed by atoms with E-state index in [4.69, 9.17) is 16.3 Å². The van der Waals surface area contributed by atoms with Gasteiger partial charge >= 0.3 is 0 Å². The number of rotatable bonds is 8. The lowest BCUT2D eigenvalue weighted by molar-refractivity contribution is -0.0672. The van der Waals surface area contributed by atoms with Gasteiger partial charge in [0.2, 0.25) is 0 Å². The smallest absolute Gasteiger partial charge is 0.276 e. The standard InChI is InChI=1S/C26H28ClFN6O4/c1-15-12-34(13-16(2)38-15)10-9-29-25(36)22-23(31-14-30-22)26(37)33-19-6-4-18(5-7-19)32-24(35)20-8-3-17(28)11-21(20)27/h3-8,11,14-16H,9-10,12-13H2,1-2H3,(H,29,36)(H,30,31)(H,32,35)(H,33,37). The van der Waals surface area contributed by atoms with Gasteiger partial charge in [0.05, 0.1) is 29.1 Å². The second-order valence-electron chi connectivity index (χ2n) is 9.01. The van der Waals surface area contributed by atoms with E-state index in [1.165, 1.54) is 12.4 Å². The van der Waals surface area contributed by atoms with Crippen LogP contribution in [0.3, 0.4) is 0 Å². The Kier molecular flexibility index (Phi) is 8.72. The molecule has 0 saturated carbocycles. The van der Waals surface area contributed by atoms with E-state index >= 15 is 0 Å². The number of hydrogen-bond acceptors (Lipinski definition) is 6. The van der Waals surface area contributed by atoms with Crippen molar-refractivity contribution in [2.45, 2.75) is 26.1 Å². The van der Waals surface area contributed by atoms with Gasteiger partial charge in [0.25, 0.3) is 17.7 Å². The zero-order valence-corrected chi connectivity index (χ0v) is 21.6. The monoisotopic (exact) mass is 542 g/mol. The molecule has 1 aliphatic heterocycles. The summed E-state index contributed by atoms with van der Waals surface area (Å²) in [6.07, 6.45) is 1.56. The zero-order valence-electron chi connectivity index (χ0n) is 20.9. The molecule has 2 heterocycles. The SMILES string of the molecule is CC1CN(CCNC(=O)c2[nH]cnc2C(=O)Nc2ccc(NC(=O)c3ccc(F)cc3Cl)cc2)CC(C)O1. The van der Waals surface area contributed by atoms with Crippen LogP contribution in [-0.2, 0) is 4.74 Å². The van der Waals surface area contributed by atoms with Crippen LogP contribution >= 0.6 is 11.6 Å². The first-order valence-electron chi connectivity index (χ1n) is 12.1. The summed E-state index contributed by atoms with van der Waals surface area (Å²) >= 11 is 5.94. The number of carbonyl (C=O) groups excluding carboxylic acids is 3. The largest absolute Gasteiger partial charge is 0.373 e. The lowest BCUT2D eigenvalue weighted by Gasteiger charge is -2.35. The van der Waals surface area contributed by atoms with E-state index in [0.29, 0.717) is 24.5 Å². The molecular weight excluding hydrogens is 515 g/mol. The van der Waals surface area contributed by atoms with Crippen molar-refractivity contribution in [3.63, 3.8) is 0 Å². The van der Waals surface area contributed by atoms with E-state index in [-0.39, 0.29) is 34.2 Å². The predicted octanol–water partition coefficient (Wildman–Crippen LogP) is 3.55. The molecule has 1 saturated heterocycles. The number of carbonyl (C=O) groups is 3. The second kappa shape index (κ2) is 12.2. The molecule has 3 aromatic rings. The number of morpholine rings is 1. The Bertz CT molecular complexity index is 1310. The maximum atomic E-state index is 13.2. The minimum atomic E-state index is -0.567. The lowest BCUT2D eigenvalue weighted by Crippen LogP contribution is -2.47. The van der Waals surface area contributed by atoms with Gasteiger partial charge in [-0.1, -0.05) is 11.6 Å². The van der Waals surface area contributed by atoms with E-state index in [2.05, 4.69) is 30.8 Å². The quantitative estimate of drug-likeness (QED) is 0.345. The molecule has 2 aromatic carbocycles. The number of amides is 3. The minimum absolute atomic E-state index is 0.00415. The van der Waals surface area contributed by atoms with Crippen molar-refractivity contribution in [1.29, 1.82) is 0 Å². The van der Waals surface area contributed by atoms with Crippen LogP contribution in [0, 0.1) is 5.82 Å². The molecule has 0 bridgehead atoms. The molecule has 0 spiro atoms. The van der Waals surface area contributed by atoms with Gasteiger partial charge in [0.1, 0.15) is 11.5 Å². The predicted molar refractivity (Wildman–Crippen MR) is 141 cm³/mol. The molecule has 1 aromatic heterocycles. The van der Waals surface area contributed by atoms with Gasteiger partial charge in [0.15, 0.2) is 5.69 Å². The Morgan fingerprint density at radius 2 is 1.66 bits per heavy atom. The Morgan fingerprint density at radius 1 is 1.03 bits per heavy atom. The van der Waals surface area contributed by atoms with Gasteiger partial charge in [-0.25, -0.2) is 9.37 Å². The summed E-state index contributed by atoms with van der Waals surface area (Å²) in [5.74, 6) is -2.04. The molecule has 0 aliphatic carbocycles. The van der Waals surface area contributed by atoms with E-state index in [1.807, 2.05) is 13.8 Å². The maximum absolute atomic E-state index is 13.2. The summed E-state index contributed by atoms with van der Waals surface area (Å²) < 4.78 is 18.9. The molecule has 4 rings (SSSR count). The third kappa shape index (κ3) is 6.94. The van der Waals surface area contributed by atoms with Gasteiger partial charge in [-0.3, -0.25) is 19.3 Å². The van der Waals surface area contributed by atoms with Crippen molar-refractivity contribution >= 4 is 40.7 Å². The van der Waals surface area contributed by atoms with Gasteiger partial charge in [-0.15, -0.1) is 0 Å². The molecule has 10 nitrogen and oxygen atoms in total. The summed E-state index contributed by atoms with van der Waals surface area (Å²) in [6, 6.07) is 9.82. The van der Waals surface area contributed by atoms with Crippen LogP contribution in [-0.4, -0.2) is 71.0 Å². The van der Waals surface area contributed by atoms with Crippen molar-refractivity contribution in [3.05, 3.63) is 76.6 Å². The summed E-state index contributed by atoms with van der Waals surface area (Å²) in [5.41, 5.74) is 1.02. The molecule has 2 atom stereocenters. The van der Waals surface area contributed by atoms with E-state index in [9.17, 15) is 18.8 Å². The number of aromatic nitrogens is 2. The molecule has 38 heavy (non-hydrogen) atoms. The Balaban J connectivity index is 1.30. The lowest BCUT2D eigenvalue weighted by atomic mass is 10.2. The number of halogens is 2. The van der Waals surface area contributed by atoms with Crippen molar-refractivity contribution in [3.8, 4) is 0 Å². The summed E-state index contributed by atoms with van der Waals surface area (Å²) in [7, 11) is 0. The number of H-pyrrole nitrogens is 1. The number of ether oxygens (including phenoxy) is 1. The number of imidazole rings is 1. The Morgan fingerprint density at radius 3 is 2.29 bits per heavy atom. The van der Waals surface area contributed by atoms with Gasteiger partial charge in [-0.2, -0.15) is 0 Å². The molecule has 2 unspecified atom stereocenters. The summed E-state index contributed by atoms with van der Waals surface area (Å²) in [6.45, 7) is 6.69. The van der Waals surface area contributed by atoms with Crippen LogP contribution in [0.15, 0.2) is 48.8 Å². The van der Waals surface area contributed by atoms with Crippen LogP contribution in [0.2, 0.25) is 5.02 Å². The maximum Gasteiger partial charge on any atom is 0.276 e. The third-order valence-electron chi connectivity index (χ3n) is 5.87. The third-order valence-corrected chi connectivity index (χ3v) is 6.18. The van der Waals surface area contributed by atoms with Crippen molar-refractivity contribution in [1.82, 2.24) is 20.2 Å². The van der Waals surface area contributed by atoms with Crippen molar-refractivity contribution in [2.75, 3.05) is 36.8 Å². The molecule has 0 radical (unpaired) electrons. The minimum Gasteiger partial charge on any atom is -0.373 e. The van der Waals surface area contributed by atoms with Crippen LogP contribution in [0.4, 0.5) is 15.8 Å². The number of nitrogens with zero attached hydrogens (tertiary/aromatic N) is 2. The first kappa shape index (κ1) is 27.2. The fourth-order valence-electron chi connectivity index (χ4n) is 4.22. The van der Waals surface area contributed by atoms with Crippen molar-refractivity contribution < 1.29 is 23.5 Å². The van der Waals surface area contributed by atoms with E-state index in [1.54, 1.807) is 24.3 Å². The van der Waals surface area contributed by atoms with Gasteiger partial charge in [0, 0.05) is 37.6 Å². The first-order valence-corrected chi connectivity index (χ1v) is 12.4. The van der Waals surface area contributed by atoms with Crippen molar-refractivity contribution in [2.24, 2.45) is 0 Å². The van der Waals surface area contributed by atoms with Crippen LogP contribution in [0.25, 0.3) is 0 Å². The average molecular weight is 543 g/mol. The molecule has 12 heteroatoms. The van der Waals surface area contributed by atoms with Crippen LogP contribution in [0.1, 0.15) is 45.2 Å². The van der Waals surface area contributed by atoms with Gasteiger partial charge in [-0.05, 0) is 56.3 Å². The highest BCUT2D eigenvalue weighted by Gasteiger charge is 2.23. The summed E-state index contributed by atoms with van der Waals surface area (Å²) in [4.78, 5) is 46.9. The van der Waals surface area contributed by atoms with E-state index < -0.39 is 23.5 Å². The number of benzene rings is 2. The molecule has 1 fully saturated rings. The highest BCUT2D eigenvalue weighted by molar-refractivity contribution is 6.34.